The predicted octanol–water partition coefficient (Wildman–Crippen LogP) is 4.40. The van der Waals surface area contributed by atoms with Crippen molar-refractivity contribution in [2.75, 3.05) is 17.7 Å². The number of alkyl halides is 3. The van der Waals surface area contributed by atoms with Gasteiger partial charge in [-0.15, -0.1) is 0 Å². The second-order valence-electron chi connectivity index (χ2n) is 6.87. The second kappa shape index (κ2) is 9.35. The Bertz CT molecular complexity index is 1060. The first-order chi connectivity index (χ1) is 14.3. The van der Waals surface area contributed by atoms with Crippen LogP contribution in [0.1, 0.15) is 31.0 Å². The second-order valence-corrected chi connectivity index (χ2v) is 9.14. The lowest BCUT2D eigenvalue weighted by Gasteiger charge is -2.30. The van der Waals surface area contributed by atoms with E-state index in [4.69, 9.17) is 16.3 Å². The van der Waals surface area contributed by atoms with Crippen molar-refractivity contribution < 1.29 is 31.1 Å². The molecule has 0 heterocycles. The molecule has 2 atom stereocenters. The fourth-order valence-electron chi connectivity index (χ4n) is 3.11. The summed E-state index contributed by atoms with van der Waals surface area (Å²) in [7, 11) is -2.64. The number of amides is 1. The van der Waals surface area contributed by atoms with Gasteiger partial charge in [0.25, 0.3) is 0 Å². The third kappa shape index (κ3) is 5.82. The molecule has 0 fully saturated rings. The van der Waals surface area contributed by atoms with Crippen molar-refractivity contribution in [2.45, 2.75) is 32.1 Å². The monoisotopic (exact) mass is 478 g/mol. The van der Waals surface area contributed by atoms with Gasteiger partial charge >= 0.3 is 6.18 Å². The minimum absolute atomic E-state index is 0.327. The van der Waals surface area contributed by atoms with Crippen LogP contribution in [0, 0.1) is 0 Å². The molecule has 31 heavy (non-hydrogen) atoms. The van der Waals surface area contributed by atoms with Gasteiger partial charge in [-0.25, -0.2) is 8.42 Å². The molecule has 0 aliphatic carbocycles. The van der Waals surface area contributed by atoms with Crippen LogP contribution in [-0.4, -0.2) is 33.7 Å². The molecule has 0 aliphatic heterocycles. The van der Waals surface area contributed by atoms with E-state index in [1.807, 2.05) is 0 Å². The predicted molar refractivity (Wildman–Crippen MR) is 113 cm³/mol. The first-order valence-corrected chi connectivity index (χ1v) is 11.3. The fraction of sp³-hybridized carbons (Fsp3) is 0.350. The molecule has 1 N–H and O–H groups in total. The number of rotatable bonds is 7. The van der Waals surface area contributed by atoms with Crippen LogP contribution in [0.25, 0.3) is 0 Å². The number of anilines is 1. The molecule has 170 valence electrons. The number of benzene rings is 2. The Balaban J connectivity index is 2.38. The van der Waals surface area contributed by atoms with Crippen LogP contribution in [0.15, 0.2) is 42.5 Å². The number of sulfonamides is 1. The lowest BCUT2D eigenvalue weighted by Crippen LogP contribution is -2.48. The molecule has 1 amide bonds. The van der Waals surface area contributed by atoms with Gasteiger partial charge in [-0.1, -0.05) is 29.8 Å². The number of nitrogens with one attached hydrogen (secondary N) is 1. The number of carbonyl (C=O) groups is 1. The Morgan fingerprint density at radius 2 is 1.77 bits per heavy atom. The summed E-state index contributed by atoms with van der Waals surface area (Å²) in [6, 6.07) is 7.72. The SMILES string of the molecule is COc1ccccc1[C@H](C)NC(=O)[C@@H](C)N(c1ccc(Cl)c(C(F)(F)F)c1)S(C)(=O)=O. The van der Waals surface area contributed by atoms with Crippen LogP contribution < -0.4 is 14.4 Å². The highest BCUT2D eigenvalue weighted by Crippen LogP contribution is 2.38. The Hall–Kier alpha value is -2.46. The third-order valence-corrected chi connectivity index (χ3v) is 6.13. The first-order valence-electron chi connectivity index (χ1n) is 9.06. The molecule has 0 unspecified atom stereocenters. The topological polar surface area (TPSA) is 75.7 Å². The molecular weight excluding hydrogens is 457 g/mol. The van der Waals surface area contributed by atoms with Gasteiger partial charge in [0, 0.05) is 5.56 Å². The van der Waals surface area contributed by atoms with E-state index in [9.17, 15) is 26.4 Å². The molecule has 11 heteroatoms. The summed E-state index contributed by atoms with van der Waals surface area (Å²) in [5.74, 6) is -0.178. The van der Waals surface area contributed by atoms with Gasteiger partial charge in [-0.2, -0.15) is 13.2 Å². The maximum Gasteiger partial charge on any atom is 0.417 e. The van der Waals surface area contributed by atoms with Gasteiger partial charge in [0.15, 0.2) is 0 Å². The van der Waals surface area contributed by atoms with Crippen molar-refractivity contribution in [3.05, 3.63) is 58.6 Å². The van der Waals surface area contributed by atoms with Crippen LogP contribution in [0.2, 0.25) is 5.02 Å². The van der Waals surface area contributed by atoms with Crippen molar-refractivity contribution in [1.82, 2.24) is 5.32 Å². The summed E-state index contributed by atoms with van der Waals surface area (Å²) in [5, 5.41) is 2.10. The number of hydrogen-bond donors (Lipinski definition) is 1. The van der Waals surface area contributed by atoms with Gasteiger partial charge in [-0.3, -0.25) is 9.10 Å². The maximum atomic E-state index is 13.2. The van der Waals surface area contributed by atoms with Crippen LogP contribution in [0.3, 0.4) is 0 Å². The molecule has 0 saturated heterocycles. The molecule has 0 aliphatic rings. The third-order valence-electron chi connectivity index (χ3n) is 4.56. The van der Waals surface area contributed by atoms with Gasteiger partial charge in [-0.05, 0) is 38.1 Å². The lowest BCUT2D eigenvalue weighted by molar-refractivity contribution is -0.137. The minimum Gasteiger partial charge on any atom is -0.496 e. The molecule has 0 radical (unpaired) electrons. The molecule has 6 nitrogen and oxygen atoms in total. The number of carbonyl (C=O) groups excluding carboxylic acids is 1. The molecular formula is C20H22ClF3N2O4S. The maximum absolute atomic E-state index is 13.2. The van der Waals surface area contributed by atoms with Crippen molar-refractivity contribution in [3.63, 3.8) is 0 Å². The number of nitrogens with zero attached hydrogens (tertiary/aromatic N) is 1. The molecule has 2 aromatic rings. The van der Waals surface area contributed by atoms with Crippen molar-refractivity contribution >= 4 is 33.2 Å². The van der Waals surface area contributed by atoms with Crippen LogP contribution in [0.5, 0.6) is 5.75 Å². The highest BCUT2D eigenvalue weighted by Gasteiger charge is 2.36. The molecule has 0 saturated carbocycles. The fourth-order valence-corrected chi connectivity index (χ4v) is 4.50. The number of para-hydroxylation sites is 1. The summed E-state index contributed by atoms with van der Waals surface area (Å²) in [6.07, 6.45) is -3.98. The van der Waals surface area contributed by atoms with Gasteiger partial charge in [0.2, 0.25) is 15.9 Å². The molecule has 2 rings (SSSR count). The van der Waals surface area contributed by atoms with Gasteiger partial charge < -0.3 is 10.1 Å². The summed E-state index contributed by atoms with van der Waals surface area (Å²) in [6.45, 7) is 2.96. The zero-order chi connectivity index (χ0) is 23.6. The average Bonchev–Trinajstić information content (AvgIpc) is 2.67. The molecule has 0 bridgehead atoms. The largest absolute Gasteiger partial charge is 0.496 e. The summed E-state index contributed by atoms with van der Waals surface area (Å²) >= 11 is 5.63. The highest BCUT2D eigenvalue weighted by molar-refractivity contribution is 7.92. The summed E-state index contributed by atoms with van der Waals surface area (Å²) in [4.78, 5) is 12.8. The van der Waals surface area contributed by atoms with Crippen molar-refractivity contribution in [2.24, 2.45) is 0 Å². The smallest absolute Gasteiger partial charge is 0.417 e. The standard InChI is InChI=1S/C20H22ClF3N2O4S/c1-12(15-7-5-6-8-18(15)30-3)25-19(27)13(2)26(31(4,28)29)14-9-10-17(21)16(11-14)20(22,23)24/h5-13H,1-4H3,(H,25,27)/t12-,13+/m0/s1. The Morgan fingerprint density at radius 3 is 2.32 bits per heavy atom. The van der Waals surface area contributed by atoms with E-state index in [0.717, 1.165) is 18.4 Å². The van der Waals surface area contributed by atoms with Crippen molar-refractivity contribution in [3.8, 4) is 5.75 Å². The Morgan fingerprint density at radius 1 is 1.16 bits per heavy atom. The van der Waals surface area contributed by atoms with E-state index in [2.05, 4.69) is 5.32 Å². The van der Waals surface area contributed by atoms with Crippen LogP contribution >= 0.6 is 11.6 Å². The zero-order valence-corrected chi connectivity index (χ0v) is 18.8. The quantitative estimate of drug-likeness (QED) is 0.640. The number of ether oxygens (including phenoxy) is 1. The van der Waals surface area contributed by atoms with E-state index >= 15 is 0 Å². The van der Waals surface area contributed by atoms with E-state index in [-0.39, 0.29) is 5.69 Å². The van der Waals surface area contributed by atoms with E-state index < -0.39 is 44.8 Å². The van der Waals surface area contributed by atoms with E-state index in [1.54, 1.807) is 31.2 Å². The van der Waals surface area contributed by atoms with Crippen LogP contribution in [0.4, 0.5) is 18.9 Å². The minimum atomic E-state index is -4.79. The van der Waals surface area contributed by atoms with E-state index in [1.165, 1.54) is 14.0 Å². The summed E-state index contributed by atoms with van der Waals surface area (Å²) < 4.78 is 70.4. The van der Waals surface area contributed by atoms with Gasteiger partial charge in [0.1, 0.15) is 11.8 Å². The first kappa shape index (κ1) is 24.8. The Labute approximate surface area is 184 Å². The van der Waals surface area contributed by atoms with Gasteiger partial charge in [0.05, 0.1) is 35.7 Å². The lowest BCUT2D eigenvalue weighted by atomic mass is 10.1. The Kier molecular flexibility index (Phi) is 7.48. The number of hydrogen-bond acceptors (Lipinski definition) is 4. The molecule has 0 spiro atoms. The van der Waals surface area contributed by atoms with Crippen molar-refractivity contribution in [1.29, 1.82) is 0 Å². The normalized spacial score (nSPS) is 13.9. The average molecular weight is 479 g/mol. The zero-order valence-electron chi connectivity index (χ0n) is 17.2. The highest BCUT2D eigenvalue weighted by atomic mass is 35.5. The van der Waals surface area contributed by atoms with E-state index in [0.29, 0.717) is 21.7 Å². The van der Waals surface area contributed by atoms with Crippen LogP contribution in [-0.2, 0) is 21.0 Å². The molecule has 2 aromatic carbocycles. The molecule has 0 aromatic heterocycles. The number of methoxy groups -OCH3 is 1. The number of halogens is 4. The summed E-state index contributed by atoms with van der Waals surface area (Å²) in [5.41, 5.74) is -0.871.